The number of hydrogen-bond acceptors (Lipinski definition) is 3. The first kappa shape index (κ1) is 20.9. The number of amides is 2. The second kappa shape index (κ2) is 10.1. The van der Waals surface area contributed by atoms with Gasteiger partial charge < -0.3 is 19.9 Å². The van der Waals surface area contributed by atoms with Gasteiger partial charge in [-0.1, -0.05) is 18.2 Å². The standard InChI is InChI=1S/C24H33N3O3/c28-23(26-17-20-4-3-15-30-20)9-7-18-11-13-27(14-12-18)24(29)10-8-19-16-25-22-6-2-1-5-21(19)22/h1-2,5-6,16,18,20,25H,3-4,7-15,17H2,(H,26,28)/t20-/m0/s1. The van der Waals surface area contributed by atoms with Crippen molar-refractivity contribution in [1.82, 2.24) is 15.2 Å². The van der Waals surface area contributed by atoms with Gasteiger partial charge in [0.05, 0.1) is 6.10 Å². The van der Waals surface area contributed by atoms with Crippen molar-refractivity contribution in [3.8, 4) is 0 Å². The number of H-pyrrole nitrogens is 1. The van der Waals surface area contributed by atoms with Crippen molar-refractivity contribution >= 4 is 22.7 Å². The van der Waals surface area contributed by atoms with Crippen molar-refractivity contribution in [2.24, 2.45) is 5.92 Å². The van der Waals surface area contributed by atoms with E-state index < -0.39 is 0 Å². The first-order valence-electron chi connectivity index (χ1n) is 11.4. The number of ether oxygens (including phenoxy) is 1. The molecule has 2 fully saturated rings. The molecule has 6 heteroatoms. The van der Waals surface area contributed by atoms with Crippen molar-refractivity contribution in [1.29, 1.82) is 0 Å². The Morgan fingerprint density at radius 3 is 2.77 bits per heavy atom. The number of rotatable bonds is 8. The number of likely N-dealkylation sites (tertiary alicyclic amines) is 1. The molecule has 2 amide bonds. The van der Waals surface area contributed by atoms with Gasteiger partial charge in [-0.2, -0.15) is 0 Å². The molecule has 1 atom stereocenters. The molecule has 1 aromatic heterocycles. The van der Waals surface area contributed by atoms with E-state index in [2.05, 4.69) is 22.4 Å². The summed E-state index contributed by atoms with van der Waals surface area (Å²) >= 11 is 0. The monoisotopic (exact) mass is 411 g/mol. The molecule has 3 heterocycles. The minimum atomic E-state index is 0.128. The van der Waals surface area contributed by atoms with Gasteiger partial charge in [0, 0.05) is 56.2 Å². The Hall–Kier alpha value is -2.34. The maximum Gasteiger partial charge on any atom is 0.222 e. The van der Waals surface area contributed by atoms with E-state index in [9.17, 15) is 9.59 Å². The highest BCUT2D eigenvalue weighted by molar-refractivity contribution is 5.84. The van der Waals surface area contributed by atoms with Crippen LogP contribution < -0.4 is 5.32 Å². The summed E-state index contributed by atoms with van der Waals surface area (Å²) in [5.41, 5.74) is 2.34. The molecular weight excluding hydrogens is 378 g/mol. The molecule has 0 spiro atoms. The minimum Gasteiger partial charge on any atom is -0.376 e. The van der Waals surface area contributed by atoms with Crippen LogP contribution in [0.5, 0.6) is 0 Å². The summed E-state index contributed by atoms with van der Waals surface area (Å²) in [5, 5.41) is 4.21. The van der Waals surface area contributed by atoms with E-state index in [4.69, 9.17) is 4.74 Å². The number of fused-ring (bicyclic) bond motifs is 1. The van der Waals surface area contributed by atoms with Crippen LogP contribution >= 0.6 is 0 Å². The highest BCUT2D eigenvalue weighted by Crippen LogP contribution is 2.24. The second-order valence-corrected chi connectivity index (χ2v) is 8.66. The van der Waals surface area contributed by atoms with Gasteiger partial charge in [0.15, 0.2) is 0 Å². The summed E-state index contributed by atoms with van der Waals surface area (Å²) in [6.45, 7) is 3.09. The van der Waals surface area contributed by atoms with E-state index in [1.165, 1.54) is 10.9 Å². The zero-order valence-electron chi connectivity index (χ0n) is 17.7. The number of nitrogens with zero attached hydrogens (tertiary/aromatic N) is 1. The molecule has 0 bridgehead atoms. The second-order valence-electron chi connectivity index (χ2n) is 8.66. The number of benzene rings is 1. The van der Waals surface area contributed by atoms with E-state index in [0.717, 1.165) is 63.7 Å². The third-order valence-electron chi connectivity index (χ3n) is 6.58. The maximum atomic E-state index is 12.7. The molecule has 0 radical (unpaired) electrons. The maximum absolute atomic E-state index is 12.7. The lowest BCUT2D eigenvalue weighted by Crippen LogP contribution is -2.39. The van der Waals surface area contributed by atoms with E-state index in [1.807, 2.05) is 23.2 Å². The highest BCUT2D eigenvalue weighted by Gasteiger charge is 2.23. The number of carbonyl (C=O) groups is 2. The highest BCUT2D eigenvalue weighted by atomic mass is 16.5. The van der Waals surface area contributed by atoms with Crippen molar-refractivity contribution in [2.45, 2.75) is 57.5 Å². The van der Waals surface area contributed by atoms with Crippen LogP contribution in [0.4, 0.5) is 0 Å². The fourth-order valence-corrected chi connectivity index (χ4v) is 4.67. The molecule has 0 saturated carbocycles. The number of aromatic nitrogens is 1. The van der Waals surface area contributed by atoms with Gasteiger partial charge in [0.25, 0.3) is 0 Å². The number of piperidine rings is 1. The van der Waals surface area contributed by atoms with Crippen LogP contribution in [0.15, 0.2) is 30.5 Å². The number of aryl methyl sites for hydroxylation is 1. The van der Waals surface area contributed by atoms with Crippen LogP contribution in [-0.4, -0.2) is 54.0 Å². The van der Waals surface area contributed by atoms with E-state index in [0.29, 0.717) is 25.3 Å². The van der Waals surface area contributed by atoms with Gasteiger partial charge in [0.2, 0.25) is 11.8 Å². The Morgan fingerprint density at radius 2 is 1.97 bits per heavy atom. The number of nitrogens with one attached hydrogen (secondary N) is 2. The lowest BCUT2D eigenvalue weighted by atomic mass is 9.91. The lowest BCUT2D eigenvalue weighted by Gasteiger charge is -2.32. The molecule has 0 unspecified atom stereocenters. The van der Waals surface area contributed by atoms with Crippen LogP contribution in [0.1, 0.15) is 50.5 Å². The Balaban J connectivity index is 1.13. The summed E-state index contributed by atoms with van der Waals surface area (Å²) < 4.78 is 5.54. The zero-order valence-corrected chi connectivity index (χ0v) is 17.7. The summed E-state index contributed by atoms with van der Waals surface area (Å²) in [7, 11) is 0. The van der Waals surface area contributed by atoms with Crippen LogP contribution in [-0.2, 0) is 20.7 Å². The van der Waals surface area contributed by atoms with Crippen molar-refractivity contribution in [2.75, 3.05) is 26.2 Å². The number of carbonyl (C=O) groups excluding carboxylic acids is 2. The molecule has 2 aliphatic rings. The molecule has 30 heavy (non-hydrogen) atoms. The topological polar surface area (TPSA) is 74.4 Å². The smallest absolute Gasteiger partial charge is 0.222 e. The number of hydrogen-bond donors (Lipinski definition) is 2. The minimum absolute atomic E-state index is 0.128. The molecule has 2 aliphatic heterocycles. The normalized spacial score (nSPS) is 20.0. The third-order valence-corrected chi connectivity index (χ3v) is 6.58. The van der Waals surface area contributed by atoms with Crippen LogP contribution in [0.2, 0.25) is 0 Å². The molecular formula is C24H33N3O3. The van der Waals surface area contributed by atoms with Gasteiger partial charge in [-0.25, -0.2) is 0 Å². The van der Waals surface area contributed by atoms with Gasteiger partial charge in [-0.05, 0) is 56.1 Å². The number of aromatic amines is 1. The first-order chi connectivity index (χ1) is 14.7. The van der Waals surface area contributed by atoms with Crippen LogP contribution in [0.25, 0.3) is 10.9 Å². The summed E-state index contributed by atoms with van der Waals surface area (Å²) in [4.78, 5) is 30.0. The van der Waals surface area contributed by atoms with Crippen LogP contribution in [0.3, 0.4) is 0 Å². The Labute approximate surface area is 178 Å². The fourth-order valence-electron chi connectivity index (χ4n) is 4.67. The number of para-hydroxylation sites is 1. The Bertz CT molecular complexity index is 848. The average Bonchev–Trinajstić information content (AvgIpc) is 3.45. The van der Waals surface area contributed by atoms with E-state index >= 15 is 0 Å². The molecule has 6 nitrogen and oxygen atoms in total. The van der Waals surface area contributed by atoms with Gasteiger partial charge >= 0.3 is 0 Å². The average molecular weight is 412 g/mol. The van der Waals surface area contributed by atoms with E-state index in [1.54, 1.807) is 0 Å². The largest absolute Gasteiger partial charge is 0.376 e. The predicted octanol–water partition coefficient (Wildman–Crippen LogP) is 3.41. The Morgan fingerprint density at radius 1 is 1.13 bits per heavy atom. The summed E-state index contributed by atoms with van der Waals surface area (Å²) in [6, 6.07) is 8.23. The van der Waals surface area contributed by atoms with Crippen molar-refractivity contribution in [3.05, 3.63) is 36.0 Å². The van der Waals surface area contributed by atoms with Crippen LogP contribution in [0, 0.1) is 5.92 Å². The van der Waals surface area contributed by atoms with E-state index in [-0.39, 0.29) is 17.9 Å². The lowest BCUT2D eigenvalue weighted by molar-refractivity contribution is -0.132. The molecule has 162 valence electrons. The third kappa shape index (κ3) is 5.42. The molecule has 2 aromatic rings. The molecule has 4 rings (SSSR count). The molecule has 1 aromatic carbocycles. The zero-order chi connectivity index (χ0) is 20.8. The van der Waals surface area contributed by atoms with Gasteiger partial charge in [-0.15, -0.1) is 0 Å². The predicted molar refractivity (Wildman–Crippen MR) is 117 cm³/mol. The molecule has 2 saturated heterocycles. The summed E-state index contributed by atoms with van der Waals surface area (Å²) in [6.07, 6.45) is 9.18. The first-order valence-corrected chi connectivity index (χ1v) is 11.4. The van der Waals surface area contributed by atoms with Gasteiger partial charge in [0.1, 0.15) is 0 Å². The SMILES string of the molecule is O=C(CCC1CCN(C(=O)CCc2c[nH]c3ccccc23)CC1)NC[C@@H]1CCCO1. The van der Waals surface area contributed by atoms with Gasteiger partial charge in [-0.3, -0.25) is 9.59 Å². The van der Waals surface area contributed by atoms with Crippen molar-refractivity contribution < 1.29 is 14.3 Å². The summed E-state index contributed by atoms with van der Waals surface area (Å²) in [5.74, 6) is 0.909. The van der Waals surface area contributed by atoms with Crippen molar-refractivity contribution in [3.63, 3.8) is 0 Å². The molecule has 2 N–H and O–H groups in total. The molecule has 0 aliphatic carbocycles. The Kier molecular flexibility index (Phi) is 7.05. The fraction of sp³-hybridized carbons (Fsp3) is 0.583. The quantitative estimate of drug-likeness (QED) is 0.699.